The van der Waals surface area contributed by atoms with E-state index in [1.54, 1.807) is 7.11 Å². The minimum Gasteiger partial charge on any atom is -0.377 e. The van der Waals surface area contributed by atoms with Crippen LogP contribution in [-0.4, -0.2) is 44.2 Å². The second-order valence-corrected chi connectivity index (χ2v) is 6.07. The van der Waals surface area contributed by atoms with Crippen LogP contribution in [0, 0.1) is 0 Å². The van der Waals surface area contributed by atoms with Gasteiger partial charge in [0.05, 0.1) is 12.1 Å². The van der Waals surface area contributed by atoms with E-state index in [0.717, 1.165) is 18.1 Å². The highest BCUT2D eigenvalue weighted by Gasteiger charge is 2.16. The Hall–Kier alpha value is -1.35. The van der Waals surface area contributed by atoms with Crippen LogP contribution in [-0.2, 0) is 11.3 Å². The number of ether oxygens (including phenoxy) is 1. The maximum absolute atomic E-state index is 11.9. The lowest BCUT2D eigenvalue weighted by Crippen LogP contribution is -2.45. The maximum atomic E-state index is 11.9. The molecular formula is C18H31IN4O2. The summed E-state index contributed by atoms with van der Waals surface area (Å²) in [5, 5.41) is 9.29. The number of benzene rings is 1. The molecule has 0 saturated heterocycles. The van der Waals surface area contributed by atoms with Crippen molar-refractivity contribution in [3.8, 4) is 0 Å². The van der Waals surface area contributed by atoms with Crippen LogP contribution in [0.4, 0.5) is 0 Å². The van der Waals surface area contributed by atoms with E-state index < -0.39 is 0 Å². The average molecular weight is 462 g/mol. The molecule has 0 fully saturated rings. The monoisotopic (exact) mass is 462 g/mol. The summed E-state index contributed by atoms with van der Waals surface area (Å²) in [5.74, 6) is 0.668. The molecule has 142 valence electrons. The molecule has 1 amide bonds. The Morgan fingerprint density at radius 3 is 2.44 bits per heavy atom. The number of guanidine groups is 1. The molecular weight excluding hydrogens is 431 g/mol. The minimum absolute atomic E-state index is 0. The molecule has 6 nitrogen and oxygen atoms in total. The summed E-state index contributed by atoms with van der Waals surface area (Å²) in [6.07, 6.45) is 0. The number of carbonyl (C=O) groups excluding carboxylic acids is 1. The third-order valence-electron chi connectivity index (χ3n) is 3.52. The van der Waals surface area contributed by atoms with Crippen LogP contribution in [0.5, 0.6) is 0 Å². The van der Waals surface area contributed by atoms with Gasteiger partial charge in [-0.1, -0.05) is 12.1 Å². The van der Waals surface area contributed by atoms with E-state index in [1.807, 2.05) is 52.0 Å². The molecule has 0 aromatic heterocycles. The number of aliphatic imine (C=N–C) groups is 1. The largest absolute Gasteiger partial charge is 0.377 e. The van der Waals surface area contributed by atoms with Gasteiger partial charge in [-0.05, 0) is 45.4 Å². The van der Waals surface area contributed by atoms with Gasteiger partial charge in [-0.3, -0.25) is 4.79 Å². The number of methoxy groups -OCH3 is 1. The van der Waals surface area contributed by atoms with Crippen molar-refractivity contribution in [1.29, 1.82) is 0 Å². The molecule has 0 aliphatic carbocycles. The lowest BCUT2D eigenvalue weighted by Gasteiger charge is -2.24. The van der Waals surface area contributed by atoms with Gasteiger partial charge in [-0.2, -0.15) is 0 Å². The third-order valence-corrected chi connectivity index (χ3v) is 3.52. The lowest BCUT2D eigenvalue weighted by atomic mass is 10.1. The van der Waals surface area contributed by atoms with E-state index in [-0.39, 0.29) is 35.5 Å². The molecule has 0 aliphatic heterocycles. The molecule has 25 heavy (non-hydrogen) atoms. The van der Waals surface area contributed by atoms with E-state index in [4.69, 9.17) is 4.74 Å². The molecule has 0 aliphatic rings. The number of carbonyl (C=O) groups is 1. The fourth-order valence-electron chi connectivity index (χ4n) is 1.95. The number of nitrogens with one attached hydrogen (secondary N) is 3. The summed E-state index contributed by atoms with van der Waals surface area (Å²) in [7, 11) is 1.69. The quantitative estimate of drug-likeness (QED) is 0.316. The van der Waals surface area contributed by atoms with Gasteiger partial charge in [-0.25, -0.2) is 4.99 Å². The molecule has 0 saturated carbocycles. The van der Waals surface area contributed by atoms with Crippen LogP contribution in [0.3, 0.4) is 0 Å². The first-order valence-electron chi connectivity index (χ1n) is 8.36. The standard InChI is InChI=1S/C18H30N4O2.HI/c1-6-19-16(23)15-10-8-9-14(11-15)12-21-17(20-7-2)22-13-18(3,4)24-5;/h8-11H,6-7,12-13H2,1-5H3,(H,19,23)(H2,20,21,22);1H. The highest BCUT2D eigenvalue weighted by molar-refractivity contribution is 14.0. The van der Waals surface area contributed by atoms with E-state index in [0.29, 0.717) is 25.2 Å². The van der Waals surface area contributed by atoms with Gasteiger partial charge in [-0.15, -0.1) is 24.0 Å². The normalized spacial score (nSPS) is 11.5. The second-order valence-electron chi connectivity index (χ2n) is 6.07. The summed E-state index contributed by atoms with van der Waals surface area (Å²) in [6, 6.07) is 7.53. The Morgan fingerprint density at radius 1 is 1.16 bits per heavy atom. The zero-order chi connectivity index (χ0) is 18.0. The summed E-state index contributed by atoms with van der Waals surface area (Å²) < 4.78 is 5.40. The number of hydrogen-bond acceptors (Lipinski definition) is 3. The fraction of sp³-hybridized carbons (Fsp3) is 0.556. The van der Waals surface area contributed by atoms with Crippen LogP contribution < -0.4 is 16.0 Å². The SMILES string of the molecule is CCNC(=O)c1cccc(CN=C(NCC)NCC(C)(C)OC)c1.I. The number of nitrogens with zero attached hydrogens (tertiary/aromatic N) is 1. The first-order valence-corrected chi connectivity index (χ1v) is 8.36. The van der Waals surface area contributed by atoms with Crippen LogP contribution >= 0.6 is 24.0 Å². The van der Waals surface area contributed by atoms with Gasteiger partial charge >= 0.3 is 0 Å². The van der Waals surface area contributed by atoms with E-state index in [1.165, 1.54) is 0 Å². The van der Waals surface area contributed by atoms with Gasteiger partial charge in [0, 0.05) is 32.3 Å². The first kappa shape index (κ1) is 23.6. The number of hydrogen-bond donors (Lipinski definition) is 3. The minimum atomic E-state index is -0.269. The van der Waals surface area contributed by atoms with E-state index >= 15 is 0 Å². The summed E-state index contributed by atoms with van der Waals surface area (Å²) in [4.78, 5) is 16.5. The maximum Gasteiger partial charge on any atom is 0.251 e. The van der Waals surface area contributed by atoms with E-state index in [9.17, 15) is 4.79 Å². The second kappa shape index (κ2) is 12.1. The van der Waals surface area contributed by atoms with Crippen molar-refractivity contribution in [1.82, 2.24) is 16.0 Å². The van der Waals surface area contributed by atoms with Crippen molar-refractivity contribution in [3.05, 3.63) is 35.4 Å². The molecule has 1 rings (SSSR count). The van der Waals surface area contributed by atoms with Gasteiger partial charge in [0.15, 0.2) is 5.96 Å². The number of rotatable bonds is 8. The van der Waals surface area contributed by atoms with Crippen LogP contribution in [0.1, 0.15) is 43.6 Å². The van der Waals surface area contributed by atoms with Gasteiger partial charge in [0.25, 0.3) is 5.91 Å². The van der Waals surface area contributed by atoms with Crippen molar-refractivity contribution < 1.29 is 9.53 Å². The molecule has 1 aromatic rings. The molecule has 7 heteroatoms. The smallest absolute Gasteiger partial charge is 0.251 e. The Labute approximate surface area is 168 Å². The molecule has 0 unspecified atom stereocenters. The predicted molar refractivity (Wildman–Crippen MR) is 114 cm³/mol. The first-order chi connectivity index (χ1) is 11.4. The molecule has 0 radical (unpaired) electrons. The topological polar surface area (TPSA) is 74.8 Å². The molecule has 0 bridgehead atoms. The van der Waals surface area contributed by atoms with Crippen molar-refractivity contribution in [2.45, 2.75) is 39.8 Å². The third kappa shape index (κ3) is 9.06. The van der Waals surface area contributed by atoms with Crippen LogP contribution in [0.15, 0.2) is 29.3 Å². The molecule has 0 atom stereocenters. The van der Waals surface area contributed by atoms with Crippen molar-refractivity contribution in [2.24, 2.45) is 4.99 Å². The Balaban J connectivity index is 0.00000576. The van der Waals surface area contributed by atoms with E-state index in [2.05, 4.69) is 20.9 Å². The fourth-order valence-corrected chi connectivity index (χ4v) is 1.95. The Morgan fingerprint density at radius 2 is 1.84 bits per heavy atom. The highest BCUT2D eigenvalue weighted by atomic mass is 127. The van der Waals surface area contributed by atoms with Gasteiger partial charge in [0.2, 0.25) is 0 Å². The summed E-state index contributed by atoms with van der Waals surface area (Å²) in [5.41, 5.74) is 1.37. The number of halogens is 1. The van der Waals surface area contributed by atoms with Crippen molar-refractivity contribution in [3.63, 3.8) is 0 Å². The van der Waals surface area contributed by atoms with Crippen LogP contribution in [0.25, 0.3) is 0 Å². The average Bonchev–Trinajstić information content (AvgIpc) is 2.58. The van der Waals surface area contributed by atoms with Gasteiger partial charge in [0.1, 0.15) is 0 Å². The van der Waals surface area contributed by atoms with Gasteiger partial charge < -0.3 is 20.7 Å². The Bertz CT molecular complexity index is 562. The molecule has 0 spiro atoms. The molecule has 0 heterocycles. The van der Waals surface area contributed by atoms with Crippen LogP contribution in [0.2, 0.25) is 0 Å². The van der Waals surface area contributed by atoms with Crippen molar-refractivity contribution in [2.75, 3.05) is 26.7 Å². The zero-order valence-corrected chi connectivity index (χ0v) is 18.1. The summed E-state index contributed by atoms with van der Waals surface area (Å²) >= 11 is 0. The Kier molecular flexibility index (Phi) is 11.4. The zero-order valence-electron chi connectivity index (χ0n) is 15.8. The number of amides is 1. The summed E-state index contributed by atoms with van der Waals surface area (Å²) in [6.45, 7) is 10.5. The highest BCUT2D eigenvalue weighted by Crippen LogP contribution is 2.07. The lowest BCUT2D eigenvalue weighted by molar-refractivity contribution is 0.0268. The predicted octanol–water partition coefficient (Wildman–Crippen LogP) is 2.53. The van der Waals surface area contributed by atoms with Crippen molar-refractivity contribution >= 4 is 35.8 Å². The molecule has 3 N–H and O–H groups in total. The molecule has 1 aromatic carbocycles.